The molecule has 0 spiro atoms. The van der Waals surface area contributed by atoms with Gasteiger partial charge in [0.05, 0.1) is 5.52 Å². The Morgan fingerprint density at radius 3 is 2.75 bits per heavy atom. The molecular weight excluding hydrogens is 246 g/mol. The Balaban J connectivity index is 2.29. The smallest absolute Gasteiger partial charge is 0.0711 e. The molecule has 0 amide bonds. The van der Waals surface area contributed by atoms with Crippen LogP contribution in [0.3, 0.4) is 0 Å². The predicted octanol–water partition coefficient (Wildman–Crippen LogP) is 2.56. The highest BCUT2D eigenvalue weighted by atomic mass is 15.1. The van der Waals surface area contributed by atoms with Crippen molar-refractivity contribution in [3.05, 3.63) is 40.1 Å². The number of likely N-dealkylation sites (N-methyl/N-ethyl adjacent to an activating group) is 1. The molecular formula is C17H23N3. The first kappa shape index (κ1) is 13.5. The van der Waals surface area contributed by atoms with Gasteiger partial charge in [-0.2, -0.15) is 0 Å². The number of nitrogens with one attached hydrogen (secondary N) is 1. The lowest BCUT2D eigenvalue weighted by Gasteiger charge is -2.27. The monoisotopic (exact) mass is 269 g/mol. The van der Waals surface area contributed by atoms with Gasteiger partial charge in [0.25, 0.3) is 0 Å². The molecule has 3 rings (SSSR count). The number of fused-ring (bicyclic) bond motifs is 2. The van der Waals surface area contributed by atoms with Crippen molar-refractivity contribution in [2.75, 3.05) is 20.6 Å². The van der Waals surface area contributed by atoms with Crippen LogP contribution in [0.4, 0.5) is 0 Å². The SMILES string of the molecule is CNCc1c2c(nc3cc(C)c(C)cc13)CCN(C)C2. The quantitative estimate of drug-likeness (QED) is 0.908. The number of pyridine rings is 1. The lowest BCUT2D eigenvalue weighted by atomic mass is 9.94. The third-order valence-electron chi connectivity index (χ3n) is 4.42. The van der Waals surface area contributed by atoms with E-state index in [9.17, 15) is 0 Å². The molecule has 20 heavy (non-hydrogen) atoms. The van der Waals surface area contributed by atoms with Crippen LogP contribution in [-0.4, -0.2) is 30.5 Å². The largest absolute Gasteiger partial charge is 0.316 e. The Labute approximate surface area is 121 Å². The third kappa shape index (κ3) is 2.21. The van der Waals surface area contributed by atoms with Crippen LogP contribution >= 0.6 is 0 Å². The molecule has 0 saturated heterocycles. The molecule has 1 aliphatic rings. The topological polar surface area (TPSA) is 28.2 Å². The van der Waals surface area contributed by atoms with E-state index in [0.29, 0.717) is 0 Å². The van der Waals surface area contributed by atoms with Gasteiger partial charge in [0.2, 0.25) is 0 Å². The molecule has 2 heterocycles. The van der Waals surface area contributed by atoms with Gasteiger partial charge in [-0.25, -0.2) is 0 Å². The zero-order chi connectivity index (χ0) is 14.3. The van der Waals surface area contributed by atoms with Crippen molar-refractivity contribution in [1.29, 1.82) is 0 Å². The standard InChI is InChI=1S/C17H23N3/c1-11-7-13-14(9-18-3)15-10-20(4)6-5-16(15)19-17(13)8-12(11)2/h7-8,18H,5-6,9-10H2,1-4H3. The van der Waals surface area contributed by atoms with E-state index in [-0.39, 0.29) is 0 Å². The summed E-state index contributed by atoms with van der Waals surface area (Å²) < 4.78 is 0. The summed E-state index contributed by atoms with van der Waals surface area (Å²) in [6, 6.07) is 4.54. The van der Waals surface area contributed by atoms with E-state index >= 15 is 0 Å². The Kier molecular flexibility index (Phi) is 3.48. The highest BCUT2D eigenvalue weighted by Crippen LogP contribution is 2.29. The van der Waals surface area contributed by atoms with Crippen molar-refractivity contribution in [3.8, 4) is 0 Å². The maximum atomic E-state index is 4.94. The number of nitrogens with zero attached hydrogens (tertiary/aromatic N) is 2. The van der Waals surface area contributed by atoms with Gasteiger partial charge in [-0.1, -0.05) is 0 Å². The molecule has 3 nitrogen and oxygen atoms in total. The molecule has 0 aliphatic carbocycles. The molecule has 0 atom stereocenters. The van der Waals surface area contributed by atoms with Gasteiger partial charge in [0, 0.05) is 37.1 Å². The number of hydrogen-bond acceptors (Lipinski definition) is 3. The van der Waals surface area contributed by atoms with E-state index < -0.39 is 0 Å². The van der Waals surface area contributed by atoms with Gasteiger partial charge in [-0.05, 0) is 62.3 Å². The molecule has 3 heteroatoms. The van der Waals surface area contributed by atoms with Gasteiger partial charge in [0.15, 0.2) is 0 Å². The van der Waals surface area contributed by atoms with Crippen LogP contribution < -0.4 is 5.32 Å². The number of hydrogen-bond donors (Lipinski definition) is 1. The van der Waals surface area contributed by atoms with E-state index in [2.05, 4.69) is 43.2 Å². The summed E-state index contributed by atoms with van der Waals surface area (Å²) in [5.41, 5.74) is 7.99. The number of benzene rings is 1. The molecule has 0 unspecified atom stereocenters. The first-order valence-corrected chi connectivity index (χ1v) is 7.35. The lowest BCUT2D eigenvalue weighted by molar-refractivity contribution is 0.309. The molecule has 0 radical (unpaired) electrons. The predicted molar refractivity (Wildman–Crippen MR) is 84.0 cm³/mol. The zero-order valence-electron chi connectivity index (χ0n) is 12.9. The zero-order valence-corrected chi connectivity index (χ0v) is 12.9. The Bertz CT molecular complexity index is 661. The van der Waals surface area contributed by atoms with Crippen LogP contribution in [-0.2, 0) is 19.5 Å². The van der Waals surface area contributed by atoms with Crippen molar-refractivity contribution in [2.24, 2.45) is 0 Å². The van der Waals surface area contributed by atoms with E-state index in [4.69, 9.17) is 4.98 Å². The third-order valence-corrected chi connectivity index (χ3v) is 4.42. The molecule has 1 aliphatic heterocycles. The summed E-state index contributed by atoms with van der Waals surface area (Å²) in [7, 11) is 4.21. The molecule has 1 aromatic carbocycles. The van der Waals surface area contributed by atoms with Crippen LogP contribution in [0.2, 0.25) is 0 Å². The van der Waals surface area contributed by atoms with E-state index in [0.717, 1.165) is 31.6 Å². The maximum absolute atomic E-state index is 4.94. The maximum Gasteiger partial charge on any atom is 0.0711 e. The Hall–Kier alpha value is -1.45. The first-order chi connectivity index (χ1) is 9.60. The normalized spacial score (nSPS) is 15.6. The fourth-order valence-corrected chi connectivity index (χ4v) is 3.10. The second-order valence-corrected chi connectivity index (χ2v) is 5.99. The Morgan fingerprint density at radius 1 is 1.25 bits per heavy atom. The van der Waals surface area contributed by atoms with Gasteiger partial charge in [-0.3, -0.25) is 4.98 Å². The van der Waals surface area contributed by atoms with Crippen molar-refractivity contribution < 1.29 is 0 Å². The first-order valence-electron chi connectivity index (χ1n) is 7.35. The van der Waals surface area contributed by atoms with Crippen LogP contribution in [0.1, 0.15) is 27.9 Å². The fraction of sp³-hybridized carbons (Fsp3) is 0.471. The number of aromatic nitrogens is 1. The van der Waals surface area contributed by atoms with E-state index in [1.807, 2.05) is 7.05 Å². The van der Waals surface area contributed by atoms with E-state index in [1.165, 1.54) is 33.3 Å². The Morgan fingerprint density at radius 2 is 2.00 bits per heavy atom. The highest BCUT2D eigenvalue weighted by Gasteiger charge is 2.20. The summed E-state index contributed by atoms with van der Waals surface area (Å²) in [5, 5.41) is 4.65. The summed E-state index contributed by atoms with van der Waals surface area (Å²) in [6.45, 7) is 7.39. The fourth-order valence-electron chi connectivity index (χ4n) is 3.10. The molecule has 2 aromatic rings. The summed E-state index contributed by atoms with van der Waals surface area (Å²) in [6.07, 6.45) is 1.06. The van der Waals surface area contributed by atoms with Crippen molar-refractivity contribution >= 4 is 10.9 Å². The molecule has 0 bridgehead atoms. The molecule has 0 saturated carbocycles. The van der Waals surface area contributed by atoms with Gasteiger partial charge >= 0.3 is 0 Å². The summed E-state index contributed by atoms with van der Waals surface area (Å²) >= 11 is 0. The molecule has 1 aromatic heterocycles. The second kappa shape index (κ2) is 5.15. The average molecular weight is 269 g/mol. The van der Waals surface area contributed by atoms with Crippen LogP contribution in [0.25, 0.3) is 10.9 Å². The molecule has 106 valence electrons. The van der Waals surface area contributed by atoms with Gasteiger partial charge < -0.3 is 10.2 Å². The molecule has 1 N–H and O–H groups in total. The van der Waals surface area contributed by atoms with Crippen LogP contribution in [0.5, 0.6) is 0 Å². The van der Waals surface area contributed by atoms with Gasteiger partial charge in [0.1, 0.15) is 0 Å². The average Bonchev–Trinajstić information content (AvgIpc) is 2.42. The minimum atomic E-state index is 0.914. The van der Waals surface area contributed by atoms with Crippen molar-refractivity contribution in [1.82, 2.24) is 15.2 Å². The van der Waals surface area contributed by atoms with Crippen molar-refractivity contribution in [3.63, 3.8) is 0 Å². The second-order valence-electron chi connectivity index (χ2n) is 5.99. The van der Waals surface area contributed by atoms with Crippen molar-refractivity contribution in [2.45, 2.75) is 33.4 Å². The number of aryl methyl sites for hydroxylation is 2. The van der Waals surface area contributed by atoms with E-state index in [1.54, 1.807) is 0 Å². The highest BCUT2D eigenvalue weighted by molar-refractivity contribution is 5.85. The van der Waals surface area contributed by atoms with Crippen LogP contribution in [0, 0.1) is 13.8 Å². The minimum absolute atomic E-state index is 0.914. The van der Waals surface area contributed by atoms with Gasteiger partial charge in [-0.15, -0.1) is 0 Å². The minimum Gasteiger partial charge on any atom is -0.316 e. The summed E-state index contributed by atoms with van der Waals surface area (Å²) in [5.74, 6) is 0. The molecule has 0 fully saturated rings. The van der Waals surface area contributed by atoms with Crippen LogP contribution in [0.15, 0.2) is 12.1 Å². The number of rotatable bonds is 2. The lowest BCUT2D eigenvalue weighted by Crippen LogP contribution is -2.29. The summed E-state index contributed by atoms with van der Waals surface area (Å²) in [4.78, 5) is 7.33.